The summed E-state index contributed by atoms with van der Waals surface area (Å²) >= 11 is 1.57. The number of nitrogens with one attached hydrogen (secondary N) is 1. The zero-order valence-electron chi connectivity index (χ0n) is 29.8. The average molecular weight is 712 g/mol. The number of aromatic nitrogens is 1. The molecule has 2 aliphatic carbocycles. The van der Waals surface area contributed by atoms with E-state index in [1.165, 1.54) is 19.3 Å². The van der Waals surface area contributed by atoms with E-state index in [1.54, 1.807) is 35.6 Å². The van der Waals surface area contributed by atoms with Gasteiger partial charge in [0.15, 0.2) is 5.78 Å². The summed E-state index contributed by atoms with van der Waals surface area (Å²) in [5.41, 5.74) is 7.71. The van der Waals surface area contributed by atoms with Crippen molar-refractivity contribution in [2.24, 2.45) is 11.3 Å². The van der Waals surface area contributed by atoms with E-state index in [4.69, 9.17) is 9.72 Å². The fraction of sp³-hybridized carbons (Fsp3) is 0.364. The van der Waals surface area contributed by atoms with Gasteiger partial charge in [-0.1, -0.05) is 43.5 Å². The Balaban J connectivity index is 0.947. The number of nitrogens with zero attached hydrogens (tertiary/aromatic N) is 2. The van der Waals surface area contributed by atoms with Crippen LogP contribution in [-0.4, -0.2) is 42.3 Å². The molecular weight excluding hydrogens is 667 g/mol. The van der Waals surface area contributed by atoms with Crippen molar-refractivity contribution in [2.45, 2.75) is 71.1 Å². The molecule has 2 fully saturated rings. The van der Waals surface area contributed by atoms with Gasteiger partial charge in [-0.2, -0.15) is 0 Å². The number of carbonyl (C=O) groups is 3. The van der Waals surface area contributed by atoms with Gasteiger partial charge in [0, 0.05) is 48.5 Å². The molecule has 1 saturated carbocycles. The van der Waals surface area contributed by atoms with Crippen LogP contribution in [0, 0.1) is 18.3 Å². The van der Waals surface area contributed by atoms with Gasteiger partial charge in [-0.3, -0.25) is 19.4 Å². The first-order valence-corrected chi connectivity index (χ1v) is 19.6. The minimum absolute atomic E-state index is 0.0987. The van der Waals surface area contributed by atoms with E-state index in [9.17, 15) is 14.4 Å². The van der Waals surface area contributed by atoms with Crippen LogP contribution in [-0.2, 0) is 4.74 Å². The molecule has 0 radical (unpaired) electrons. The Morgan fingerprint density at radius 1 is 1.00 bits per heavy atom. The Bertz CT molecular complexity index is 2070. The molecule has 4 aliphatic rings. The standard InChI is InChI=1S/C44H45N3O4S/c1-29-25-36(41(45-28-29)34-17-19-44(27-34)20-23-51-24-21-44)42(49)46-35-12-10-31(11-13-35)43(50)47-22-18-33(26-32-7-2-3-8-37(32)47)39-15-16-40(52-39)38(48)14-9-30-5-4-6-30/h2-3,7-8,10-13,15-17,25-26,28,30H,4-6,9,14,18-24,27H2,1H3,(H,46,49). The van der Waals surface area contributed by atoms with Gasteiger partial charge in [0.25, 0.3) is 11.8 Å². The summed E-state index contributed by atoms with van der Waals surface area (Å²) in [6.07, 6.45) is 16.3. The topological polar surface area (TPSA) is 88.6 Å². The minimum Gasteiger partial charge on any atom is -0.381 e. The second-order valence-electron chi connectivity index (χ2n) is 15.0. The predicted octanol–water partition coefficient (Wildman–Crippen LogP) is 10.0. The number of ether oxygens (including phenoxy) is 1. The molecule has 0 unspecified atom stereocenters. The minimum atomic E-state index is -0.212. The SMILES string of the molecule is Cc1cnc(C2=CCC3(CCOCC3)C2)c(C(=O)Nc2ccc(C(=O)N3CCC(c4ccc(C(=O)CCC5CCC5)s4)=Cc4ccccc43)cc2)c1. The number of amides is 2. The maximum absolute atomic E-state index is 14.1. The van der Waals surface area contributed by atoms with Gasteiger partial charge in [0.1, 0.15) is 0 Å². The van der Waals surface area contributed by atoms with Gasteiger partial charge in [-0.15, -0.1) is 11.3 Å². The Kier molecular flexibility index (Phi) is 9.77. The van der Waals surface area contributed by atoms with E-state index in [0.29, 0.717) is 36.2 Å². The molecule has 2 amide bonds. The summed E-state index contributed by atoms with van der Waals surface area (Å²) in [7, 11) is 0. The van der Waals surface area contributed by atoms with Gasteiger partial charge in [-0.25, -0.2) is 0 Å². The fourth-order valence-corrected chi connectivity index (χ4v) is 9.09. The summed E-state index contributed by atoms with van der Waals surface area (Å²) in [5.74, 6) is 0.645. The summed E-state index contributed by atoms with van der Waals surface area (Å²) in [6.45, 7) is 4.04. The van der Waals surface area contributed by atoms with E-state index in [2.05, 4.69) is 23.5 Å². The number of para-hydroxylation sites is 1. The normalized spacial score (nSPS) is 18.2. The second kappa shape index (κ2) is 14.8. The summed E-state index contributed by atoms with van der Waals surface area (Å²) in [6, 6.07) is 21.1. The van der Waals surface area contributed by atoms with Crippen LogP contribution in [0.2, 0.25) is 0 Å². The van der Waals surface area contributed by atoms with Crippen LogP contribution < -0.4 is 10.2 Å². The largest absolute Gasteiger partial charge is 0.381 e. The van der Waals surface area contributed by atoms with Crippen molar-refractivity contribution in [1.29, 1.82) is 0 Å². The number of hydrogen-bond donors (Lipinski definition) is 1. The molecule has 0 atom stereocenters. The molecule has 0 bridgehead atoms. The number of rotatable bonds is 9. The van der Waals surface area contributed by atoms with E-state index < -0.39 is 0 Å². The molecule has 52 heavy (non-hydrogen) atoms. The van der Waals surface area contributed by atoms with Crippen molar-refractivity contribution in [3.05, 3.63) is 117 Å². The number of fused-ring (bicyclic) bond motifs is 1. The highest BCUT2D eigenvalue weighted by molar-refractivity contribution is 7.15. The Morgan fingerprint density at radius 2 is 1.81 bits per heavy atom. The maximum Gasteiger partial charge on any atom is 0.258 e. The van der Waals surface area contributed by atoms with Gasteiger partial charge in [0.2, 0.25) is 0 Å². The third kappa shape index (κ3) is 7.19. The zero-order valence-corrected chi connectivity index (χ0v) is 30.6. The fourth-order valence-electron chi connectivity index (χ4n) is 8.08. The highest BCUT2D eigenvalue weighted by Crippen LogP contribution is 2.48. The van der Waals surface area contributed by atoms with Crippen molar-refractivity contribution in [2.75, 3.05) is 30.0 Å². The highest BCUT2D eigenvalue weighted by atomic mass is 32.1. The van der Waals surface area contributed by atoms with Crippen LogP contribution in [0.4, 0.5) is 11.4 Å². The van der Waals surface area contributed by atoms with Crippen LogP contribution in [0.5, 0.6) is 0 Å². The van der Waals surface area contributed by atoms with E-state index >= 15 is 0 Å². The van der Waals surface area contributed by atoms with Crippen molar-refractivity contribution < 1.29 is 19.1 Å². The van der Waals surface area contributed by atoms with Gasteiger partial charge < -0.3 is 15.0 Å². The molecule has 4 heterocycles. The van der Waals surface area contributed by atoms with Crippen LogP contribution in [0.15, 0.2) is 79.0 Å². The zero-order chi connectivity index (χ0) is 35.7. The molecule has 266 valence electrons. The molecule has 2 aromatic heterocycles. The summed E-state index contributed by atoms with van der Waals surface area (Å²) < 4.78 is 5.63. The number of carbonyl (C=O) groups excluding carboxylic acids is 3. The van der Waals surface area contributed by atoms with Gasteiger partial charge in [-0.05, 0) is 134 Å². The predicted molar refractivity (Wildman–Crippen MR) is 209 cm³/mol. The average Bonchev–Trinajstić information content (AvgIpc) is 3.75. The molecule has 2 aromatic carbocycles. The monoisotopic (exact) mass is 711 g/mol. The number of aryl methyl sites for hydroxylation is 1. The van der Waals surface area contributed by atoms with Crippen LogP contribution >= 0.6 is 11.3 Å². The number of thiophene rings is 1. The summed E-state index contributed by atoms with van der Waals surface area (Å²) in [4.78, 5) is 49.2. The highest BCUT2D eigenvalue weighted by Gasteiger charge is 2.37. The Morgan fingerprint density at radius 3 is 2.60 bits per heavy atom. The molecular formula is C44H45N3O4S. The molecule has 1 N–H and O–H groups in total. The first kappa shape index (κ1) is 34.4. The maximum atomic E-state index is 14.1. The Labute approximate surface area is 309 Å². The van der Waals surface area contributed by atoms with E-state index in [1.807, 2.05) is 54.4 Å². The first-order valence-electron chi connectivity index (χ1n) is 18.7. The molecule has 4 aromatic rings. The van der Waals surface area contributed by atoms with Crippen molar-refractivity contribution >= 4 is 57.5 Å². The number of benzene rings is 2. The quantitative estimate of drug-likeness (QED) is 0.175. The number of Topliss-reactive ketones (excluding diaryl/α,β-unsaturated/α-hetero) is 1. The molecule has 8 rings (SSSR count). The molecule has 1 spiro atoms. The van der Waals surface area contributed by atoms with Crippen LogP contribution in [0.25, 0.3) is 17.2 Å². The van der Waals surface area contributed by atoms with Gasteiger partial charge >= 0.3 is 0 Å². The van der Waals surface area contributed by atoms with Crippen molar-refractivity contribution in [3.63, 3.8) is 0 Å². The molecule has 1 saturated heterocycles. The molecule has 7 nitrogen and oxygen atoms in total. The van der Waals surface area contributed by atoms with Crippen LogP contribution in [0.3, 0.4) is 0 Å². The second-order valence-corrected chi connectivity index (χ2v) is 16.1. The molecule has 8 heteroatoms. The number of hydrogen-bond acceptors (Lipinski definition) is 6. The third-order valence-corrected chi connectivity index (χ3v) is 12.7. The van der Waals surface area contributed by atoms with E-state index in [-0.39, 0.29) is 23.0 Å². The lowest BCUT2D eigenvalue weighted by Gasteiger charge is -2.33. The molecule has 2 aliphatic heterocycles. The lowest BCUT2D eigenvalue weighted by Crippen LogP contribution is -2.32. The lowest BCUT2D eigenvalue weighted by molar-refractivity contribution is 0.0217. The summed E-state index contributed by atoms with van der Waals surface area (Å²) in [5, 5.41) is 3.06. The number of allylic oxidation sites excluding steroid dienone is 2. The number of pyridine rings is 1. The third-order valence-electron chi connectivity index (χ3n) is 11.5. The van der Waals surface area contributed by atoms with E-state index in [0.717, 1.165) is 94.6 Å². The number of anilines is 2. The van der Waals surface area contributed by atoms with Crippen molar-refractivity contribution in [3.8, 4) is 0 Å². The van der Waals surface area contributed by atoms with Gasteiger partial charge in [0.05, 0.1) is 21.8 Å². The first-order chi connectivity index (χ1) is 25.3. The van der Waals surface area contributed by atoms with Crippen LogP contribution in [0.1, 0.15) is 116 Å². The van der Waals surface area contributed by atoms with Crippen molar-refractivity contribution in [1.82, 2.24) is 4.98 Å². The number of ketones is 1. The lowest BCUT2D eigenvalue weighted by atomic mass is 9.77. The Hall–Kier alpha value is -4.66. The smallest absolute Gasteiger partial charge is 0.258 e.